The predicted octanol–water partition coefficient (Wildman–Crippen LogP) is -1.16. The highest BCUT2D eigenvalue weighted by atomic mass is 16.7. The van der Waals surface area contributed by atoms with Crippen LogP contribution >= 0.6 is 0 Å². The van der Waals surface area contributed by atoms with Crippen LogP contribution in [0.25, 0.3) is 0 Å². The van der Waals surface area contributed by atoms with Crippen LogP contribution in [0.1, 0.15) is 12.8 Å². The summed E-state index contributed by atoms with van der Waals surface area (Å²) >= 11 is 0. The normalized spacial score (nSPS) is 27.2. The van der Waals surface area contributed by atoms with E-state index in [9.17, 15) is 15.3 Å². The van der Waals surface area contributed by atoms with Crippen molar-refractivity contribution in [1.29, 1.82) is 0 Å². The zero-order chi connectivity index (χ0) is 21.3. The van der Waals surface area contributed by atoms with Crippen molar-refractivity contribution < 1.29 is 48.8 Å². The Morgan fingerprint density at radius 1 is 0.724 bits per heavy atom. The summed E-state index contributed by atoms with van der Waals surface area (Å²) < 4.78 is 32.0. The third-order valence-corrected chi connectivity index (χ3v) is 4.17. The fourth-order valence-corrected chi connectivity index (χ4v) is 2.52. The lowest BCUT2D eigenvalue weighted by Crippen LogP contribution is -2.59. The van der Waals surface area contributed by atoms with Gasteiger partial charge in [-0.25, -0.2) is 0 Å². The summed E-state index contributed by atoms with van der Waals surface area (Å²) in [5.41, 5.74) is 0. The summed E-state index contributed by atoms with van der Waals surface area (Å²) in [6.45, 7) is 7.02. The van der Waals surface area contributed by atoms with Gasteiger partial charge < -0.3 is 48.8 Å². The third kappa shape index (κ3) is 11.3. The maximum atomic E-state index is 9.82. The fraction of sp³-hybridized carbons (Fsp3) is 0.895. The molecule has 0 amide bonds. The number of aliphatic hydroxyl groups is 4. The van der Waals surface area contributed by atoms with Crippen molar-refractivity contribution in [3.05, 3.63) is 12.7 Å². The Morgan fingerprint density at radius 2 is 1.24 bits per heavy atom. The van der Waals surface area contributed by atoms with Gasteiger partial charge >= 0.3 is 0 Å². The van der Waals surface area contributed by atoms with Crippen LogP contribution in [0.15, 0.2) is 12.7 Å². The topological polar surface area (TPSA) is 136 Å². The van der Waals surface area contributed by atoms with E-state index in [-0.39, 0.29) is 13.2 Å². The molecule has 0 aromatic carbocycles. The lowest BCUT2D eigenvalue weighted by atomic mass is 9.99. The molecule has 0 aromatic heterocycles. The minimum atomic E-state index is -1.45. The molecule has 1 aliphatic heterocycles. The average Bonchev–Trinajstić information content (AvgIpc) is 2.73. The maximum absolute atomic E-state index is 9.82. The molecule has 10 heteroatoms. The molecule has 0 aromatic rings. The standard InChI is InChI=1S/C19H36O10/c1-2-3-4-5-24-6-7-25-8-9-26-10-11-27-12-13-28-19-18(23)17(22)16(21)15(14-20)29-19/h2,15-23H,1,3-14H2/t15-,16-,17+,18+,19+/m1/s1. The summed E-state index contributed by atoms with van der Waals surface area (Å²) in [5, 5.41) is 38.3. The molecular weight excluding hydrogens is 388 g/mol. The van der Waals surface area contributed by atoms with Crippen LogP contribution in [-0.2, 0) is 28.4 Å². The van der Waals surface area contributed by atoms with Gasteiger partial charge in [-0.2, -0.15) is 0 Å². The maximum Gasteiger partial charge on any atom is 0.186 e. The lowest BCUT2D eigenvalue weighted by molar-refractivity contribution is -0.302. The van der Waals surface area contributed by atoms with Crippen LogP contribution in [0, 0.1) is 0 Å². The molecule has 29 heavy (non-hydrogen) atoms. The number of ether oxygens (including phenoxy) is 6. The summed E-state index contributed by atoms with van der Waals surface area (Å²) in [4.78, 5) is 0. The van der Waals surface area contributed by atoms with E-state index in [0.29, 0.717) is 46.2 Å². The van der Waals surface area contributed by atoms with Gasteiger partial charge in [0.25, 0.3) is 0 Å². The SMILES string of the molecule is C=CCCCOCCOCCOCCOCCO[C@H]1O[C@H](CO)[C@@H](O)[C@H](O)[C@@H]1O. The van der Waals surface area contributed by atoms with Crippen molar-refractivity contribution in [2.45, 2.75) is 43.5 Å². The molecule has 5 atom stereocenters. The van der Waals surface area contributed by atoms with Crippen molar-refractivity contribution in [2.75, 3.05) is 66.1 Å². The van der Waals surface area contributed by atoms with E-state index in [4.69, 9.17) is 33.5 Å². The molecule has 1 fully saturated rings. The molecule has 0 saturated carbocycles. The number of allylic oxidation sites excluding steroid dienone is 1. The van der Waals surface area contributed by atoms with Crippen molar-refractivity contribution in [3.63, 3.8) is 0 Å². The van der Waals surface area contributed by atoms with Crippen molar-refractivity contribution in [3.8, 4) is 0 Å². The molecule has 4 N–H and O–H groups in total. The van der Waals surface area contributed by atoms with E-state index in [1.807, 2.05) is 6.08 Å². The van der Waals surface area contributed by atoms with Crippen LogP contribution in [0.2, 0.25) is 0 Å². The van der Waals surface area contributed by atoms with E-state index in [0.717, 1.165) is 12.8 Å². The van der Waals surface area contributed by atoms with E-state index in [2.05, 4.69) is 6.58 Å². The molecule has 10 nitrogen and oxygen atoms in total. The van der Waals surface area contributed by atoms with Crippen molar-refractivity contribution in [1.82, 2.24) is 0 Å². The van der Waals surface area contributed by atoms with E-state index in [1.54, 1.807) is 0 Å². The third-order valence-electron chi connectivity index (χ3n) is 4.17. The minimum absolute atomic E-state index is 0.110. The van der Waals surface area contributed by atoms with Gasteiger partial charge in [-0.15, -0.1) is 6.58 Å². The van der Waals surface area contributed by atoms with Crippen LogP contribution in [0.4, 0.5) is 0 Å². The molecule has 0 bridgehead atoms. The molecule has 1 aliphatic rings. The van der Waals surface area contributed by atoms with Gasteiger partial charge in [0.15, 0.2) is 6.29 Å². The van der Waals surface area contributed by atoms with Crippen LogP contribution in [0.3, 0.4) is 0 Å². The van der Waals surface area contributed by atoms with Gasteiger partial charge in [-0.3, -0.25) is 0 Å². The Kier molecular flexibility index (Phi) is 15.5. The van der Waals surface area contributed by atoms with Gasteiger partial charge in [-0.05, 0) is 12.8 Å². The monoisotopic (exact) mass is 424 g/mol. The number of unbranched alkanes of at least 4 members (excludes halogenated alkanes) is 1. The Labute approximate surface area is 171 Å². The predicted molar refractivity (Wildman–Crippen MR) is 102 cm³/mol. The molecular formula is C19H36O10. The van der Waals surface area contributed by atoms with Gasteiger partial charge in [0.1, 0.15) is 24.4 Å². The summed E-state index contributed by atoms with van der Waals surface area (Å²) in [7, 11) is 0. The van der Waals surface area contributed by atoms with Crippen LogP contribution in [-0.4, -0.2) is 117 Å². The van der Waals surface area contributed by atoms with Gasteiger partial charge in [0.2, 0.25) is 0 Å². The second kappa shape index (κ2) is 17.1. The van der Waals surface area contributed by atoms with Crippen LogP contribution in [0.5, 0.6) is 0 Å². The molecule has 172 valence electrons. The van der Waals surface area contributed by atoms with Crippen molar-refractivity contribution in [2.24, 2.45) is 0 Å². The summed E-state index contributed by atoms with van der Waals surface area (Å²) in [5.74, 6) is 0. The smallest absolute Gasteiger partial charge is 0.186 e. The molecule has 0 unspecified atom stereocenters. The first-order valence-electron chi connectivity index (χ1n) is 9.95. The molecule has 1 heterocycles. The van der Waals surface area contributed by atoms with Crippen LogP contribution < -0.4 is 0 Å². The fourth-order valence-electron chi connectivity index (χ4n) is 2.52. The Bertz CT molecular complexity index is 395. The number of rotatable bonds is 18. The highest BCUT2D eigenvalue weighted by Crippen LogP contribution is 2.21. The average molecular weight is 424 g/mol. The molecule has 0 aliphatic carbocycles. The van der Waals surface area contributed by atoms with E-state index in [1.165, 1.54) is 0 Å². The Morgan fingerprint density at radius 3 is 1.76 bits per heavy atom. The highest BCUT2D eigenvalue weighted by molar-refractivity contribution is 4.88. The number of aliphatic hydroxyl groups excluding tert-OH is 4. The zero-order valence-electron chi connectivity index (χ0n) is 16.9. The highest BCUT2D eigenvalue weighted by Gasteiger charge is 2.43. The number of hydrogen-bond donors (Lipinski definition) is 4. The zero-order valence-corrected chi connectivity index (χ0v) is 16.9. The molecule has 1 rings (SSSR count). The van der Waals surface area contributed by atoms with E-state index >= 15 is 0 Å². The van der Waals surface area contributed by atoms with Gasteiger partial charge in [0, 0.05) is 6.61 Å². The number of hydrogen-bond acceptors (Lipinski definition) is 10. The molecule has 1 saturated heterocycles. The van der Waals surface area contributed by atoms with Crippen molar-refractivity contribution >= 4 is 0 Å². The first-order chi connectivity index (χ1) is 14.1. The first kappa shape index (κ1) is 26.4. The summed E-state index contributed by atoms with van der Waals surface area (Å²) in [6.07, 6.45) is -2.60. The molecule has 0 spiro atoms. The lowest BCUT2D eigenvalue weighted by Gasteiger charge is -2.39. The molecule has 0 radical (unpaired) electrons. The Balaban J connectivity index is 1.88. The second-order valence-electron chi connectivity index (χ2n) is 6.45. The van der Waals surface area contributed by atoms with Gasteiger partial charge in [-0.1, -0.05) is 6.08 Å². The summed E-state index contributed by atoms with van der Waals surface area (Å²) in [6, 6.07) is 0. The van der Waals surface area contributed by atoms with E-state index < -0.39 is 37.3 Å². The van der Waals surface area contributed by atoms with Gasteiger partial charge in [0.05, 0.1) is 59.5 Å². The Hall–Kier alpha value is -0.660. The first-order valence-corrected chi connectivity index (χ1v) is 9.95. The minimum Gasteiger partial charge on any atom is -0.394 e. The quantitative estimate of drug-likeness (QED) is 0.157. The largest absolute Gasteiger partial charge is 0.394 e. The second-order valence-corrected chi connectivity index (χ2v) is 6.45.